The zero-order valence-electron chi connectivity index (χ0n) is 5.83. The summed E-state index contributed by atoms with van der Waals surface area (Å²) in [6.07, 6.45) is 2.86. The van der Waals surface area contributed by atoms with E-state index in [1.807, 2.05) is 0 Å². The van der Waals surface area contributed by atoms with Crippen molar-refractivity contribution in [2.75, 3.05) is 0 Å². The first-order valence-electron chi connectivity index (χ1n) is 3.26. The summed E-state index contributed by atoms with van der Waals surface area (Å²) in [5.41, 5.74) is 0.563. The predicted molar refractivity (Wildman–Crippen MR) is 41.5 cm³/mol. The van der Waals surface area contributed by atoms with Crippen molar-refractivity contribution in [3.63, 3.8) is 0 Å². The number of aromatic nitrogens is 1. The molecule has 0 aliphatic carbocycles. The summed E-state index contributed by atoms with van der Waals surface area (Å²) in [4.78, 5) is 14.2. The average Bonchev–Trinajstić information content (AvgIpc) is 2.37. The van der Waals surface area contributed by atoms with Crippen LogP contribution in [0, 0.1) is 0 Å². The number of hydrogen-bond acceptors (Lipinski definition) is 3. The molecule has 1 aromatic rings. The largest absolute Gasteiger partial charge is 0.296 e. The smallest absolute Gasteiger partial charge is 0.169 e. The standard InChI is InChI=1S/C7H9NOS/c1-2-3-7-8-6(4-9)5-10-7/h4-5H,2-3H2,1H3. The zero-order valence-corrected chi connectivity index (χ0v) is 6.65. The molecule has 0 atom stereocenters. The summed E-state index contributed by atoms with van der Waals surface area (Å²) < 4.78 is 0. The first-order chi connectivity index (χ1) is 4.86. The van der Waals surface area contributed by atoms with Crippen LogP contribution in [-0.4, -0.2) is 11.3 Å². The van der Waals surface area contributed by atoms with E-state index < -0.39 is 0 Å². The molecule has 0 aliphatic heterocycles. The lowest BCUT2D eigenvalue weighted by Crippen LogP contribution is -1.82. The van der Waals surface area contributed by atoms with Gasteiger partial charge in [0.2, 0.25) is 0 Å². The van der Waals surface area contributed by atoms with E-state index in [1.54, 1.807) is 16.7 Å². The first kappa shape index (κ1) is 7.41. The third-order valence-corrected chi connectivity index (χ3v) is 2.08. The lowest BCUT2D eigenvalue weighted by atomic mass is 10.3. The summed E-state index contributed by atoms with van der Waals surface area (Å²) in [7, 11) is 0. The maximum absolute atomic E-state index is 10.2. The van der Waals surface area contributed by atoms with Gasteiger partial charge in [-0.3, -0.25) is 4.79 Å². The summed E-state index contributed by atoms with van der Waals surface area (Å²) in [5, 5.41) is 2.85. The van der Waals surface area contributed by atoms with Crippen LogP contribution in [0.25, 0.3) is 0 Å². The quantitative estimate of drug-likeness (QED) is 0.624. The van der Waals surface area contributed by atoms with E-state index in [2.05, 4.69) is 11.9 Å². The van der Waals surface area contributed by atoms with Crippen molar-refractivity contribution >= 4 is 17.6 Å². The Hall–Kier alpha value is -0.700. The first-order valence-corrected chi connectivity index (χ1v) is 4.14. The maximum atomic E-state index is 10.2. The van der Waals surface area contributed by atoms with Gasteiger partial charge in [-0.15, -0.1) is 11.3 Å². The number of aldehydes is 1. The molecule has 0 fully saturated rings. The van der Waals surface area contributed by atoms with Crippen LogP contribution in [-0.2, 0) is 6.42 Å². The fourth-order valence-corrected chi connectivity index (χ4v) is 1.55. The average molecular weight is 155 g/mol. The molecule has 2 nitrogen and oxygen atoms in total. The van der Waals surface area contributed by atoms with Crippen LogP contribution in [0.2, 0.25) is 0 Å². The van der Waals surface area contributed by atoms with Crippen LogP contribution >= 0.6 is 11.3 Å². The van der Waals surface area contributed by atoms with Gasteiger partial charge in [-0.05, 0) is 12.8 Å². The minimum atomic E-state index is 0.563. The van der Waals surface area contributed by atoms with Crippen LogP contribution < -0.4 is 0 Å². The van der Waals surface area contributed by atoms with Crippen molar-refractivity contribution < 1.29 is 4.79 Å². The third-order valence-electron chi connectivity index (χ3n) is 1.15. The maximum Gasteiger partial charge on any atom is 0.169 e. The van der Waals surface area contributed by atoms with Crippen molar-refractivity contribution in [3.8, 4) is 0 Å². The molecule has 1 aromatic heterocycles. The van der Waals surface area contributed by atoms with E-state index in [4.69, 9.17) is 0 Å². The van der Waals surface area contributed by atoms with E-state index >= 15 is 0 Å². The lowest BCUT2D eigenvalue weighted by Gasteiger charge is -1.85. The summed E-state index contributed by atoms with van der Waals surface area (Å²) in [5.74, 6) is 0. The lowest BCUT2D eigenvalue weighted by molar-refractivity contribution is 0.111. The Morgan fingerprint density at radius 1 is 1.80 bits per heavy atom. The molecule has 0 radical (unpaired) electrons. The molecular weight excluding hydrogens is 146 g/mol. The summed E-state index contributed by atoms with van der Waals surface area (Å²) in [6.45, 7) is 2.10. The minimum absolute atomic E-state index is 0.563. The molecule has 1 heterocycles. The highest BCUT2D eigenvalue weighted by Gasteiger charge is 1.97. The fourth-order valence-electron chi connectivity index (χ4n) is 0.708. The number of carbonyl (C=O) groups is 1. The highest BCUT2D eigenvalue weighted by molar-refractivity contribution is 7.09. The molecule has 0 aromatic carbocycles. The molecule has 0 aliphatic rings. The molecule has 0 spiro atoms. The Balaban J connectivity index is 2.68. The van der Waals surface area contributed by atoms with Gasteiger partial charge in [-0.25, -0.2) is 4.98 Å². The molecule has 54 valence electrons. The molecule has 0 bridgehead atoms. The number of thiazole rings is 1. The molecule has 0 saturated carbocycles. The van der Waals surface area contributed by atoms with Crippen molar-refractivity contribution in [1.82, 2.24) is 4.98 Å². The number of carbonyl (C=O) groups excluding carboxylic acids is 1. The summed E-state index contributed by atoms with van der Waals surface area (Å²) >= 11 is 1.56. The molecule has 0 saturated heterocycles. The van der Waals surface area contributed by atoms with Gasteiger partial charge in [0.25, 0.3) is 0 Å². The molecule has 1 rings (SSSR count). The minimum Gasteiger partial charge on any atom is -0.296 e. The van der Waals surface area contributed by atoms with Gasteiger partial charge in [-0.2, -0.15) is 0 Å². The van der Waals surface area contributed by atoms with Crippen molar-refractivity contribution in [2.24, 2.45) is 0 Å². The van der Waals surface area contributed by atoms with Crippen molar-refractivity contribution in [3.05, 3.63) is 16.1 Å². The Labute approximate surface area is 63.9 Å². The van der Waals surface area contributed by atoms with Crippen LogP contribution in [0.5, 0.6) is 0 Å². The van der Waals surface area contributed by atoms with Crippen molar-refractivity contribution in [2.45, 2.75) is 19.8 Å². The van der Waals surface area contributed by atoms with E-state index in [0.29, 0.717) is 5.69 Å². The van der Waals surface area contributed by atoms with E-state index in [0.717, 1.165) is 24.1 Å². The van der Waals surface area contributed by atoms with Gasteiger partial charge in [0.15, 0.2) is 6.29 Å². The van der Waals surface area contributed by atoms with Gasteiger partial charge in [0.05, 0.1) is 5.01 Å². The monoisotopic (exact) mass is 155 g/mol. The molecule has 3 heteroatoms. The third kappa shape index (κ3) is 1.64. The Morgan fingerprint density at radius 3 is 3.10 bits per heavy atom. The number of hydrogen-bond donors (Lipinski definition) is 0. The van der Waals surface area contributed by atoms with Crippen LogP contribution in [0.3, 0.4) is 0 Å². The predicted octanol–water partition coefficient (Wildman–Crippen LogP) is 1.91. The summed E-state index contributed by atoms with van der Waals surface area (Å²) in [6, 6.07) is 0. The second-order valence-corrected chi connectivity index (χ2v) is 2.98. The van der Waals surface area contributed by atoms with E-state index in [1.165, 1.54) is 0 Å². The van der Waals surface area contributed by atoms with Gasteiger partial charge < -0.3 is 0 Å². The van der Waals surface area contributed by atoms with Crippen LogP contribution in [0.15, 0.2) is 5.38 Å². The highest BCUT2D eigenvalue weighted by Crippen LogP contribution is 2.09. The zero-order chi connectivity index (χ0) is 7.40. The normalized spacial score (nSPS) is 9.70. The molecular formula is C7H9NOS. The van der Waals surface area contributed by atoms with E-state index in [-0.39, 0.29) is 0 Å². The van der Waals surface area contributed by atoms with Gasteiger partial charge >= 0.3 is 0 Å². The molecule has 0 N–H and O–H groups in total. The van der Waals surface area contributed by atoms with Gasteiger partial charge in [-0.1, -0.05) is 6.92 Å². The van der Waals surface area contributed by atoms with Gasteiger partial charge in [0.1, 0.15) is 5.69 Å². The van der Waals surface area contributed by atoms with E-state index in [9.17, 15) is 4.79 Å². The molecule has 0 unspecified atom stereocenters. The fraction of sp³-hybridized carbons (Fsp3) is 0.429. The Bertz CT molecular complexity index is 219. The van der Waals surface area contributed by atoms with Crippen LogP contribution in [0.4, 0.5) is 0 Å². The molecule has 0 amide bonds. The highest BCUT2D eigenvalue weighted by atomic mass is 32.1. The van der Waals surface area contributed by atoms with Crippen LogP contribution in [0.1, 0.15) is 28.8 Å². The second-order valence-electron chi connectivity index (χ2n) is 2.03. The van der Waals surface area contributed by atoms with Crippen molar-refractivity contribution in [1.29, 1.82) is 0 Å². The Kier molecular flexibility index (Phi) is 2.57. The second kappa shape index (κ2) is 3.46. The number of nitrogens with zero attached hydrogens (tertiary/aromatic N) is 1. The Morgan fingerprint density at radius 2 is 2.60 bits per heavy atom. The topological polar surface area (TPSA) is 30.0 Å². The van der Waals surface area contributed by atoms with Gasteiger partial charge in [0, 0.05) is 5.38 Å². The molecule has 10 heavy (non-hydrogen) atoms. The number of aryl methyl sites for hydroxylation is 1. The SMILES string of the molecule is CCCc1nc(C=O)cs1. The number of rotatable bonds is 3.